The summed E-state index contributed by atoms with van der Waals surface area (Å²) >= 11 is 1.79. The van der Waals surface area contributed by atoms with Gasteiger partial charge < -0.3 is 0 Å². The van der Waals surface area contributed by atoms with Gasteiger partial charge in [-0.1, -0.05) is 27.2 Å². The lowest BCUT2D eigenvalue weighted by molar-refractivity contribution is 0.218. The number of aromatic nitrogens is 2. The summed E-state index contributed by atoms with van der Waals surface area (Å²) in [7, 11) is 0. The molecule has 0 spiro atoms. The zero-order chi connectivity index (χ0) is 16.2. The van der Waals surface area contributed by atoms with E-state index in [9.17, 15) is 4.79 Å². The van der Waals surface area contributed by atoms with Crippen LogP contribution in [-0.4, -0.2) is 9.55 Å². The van der Waals surface area contributed by atoms with Crippen LogP contribution in [0.5, 0.6) is 0 Å². The number of aryl methyl sites for hydroxylation is 2. The highest BCUT2D eigenvalue weighted by molar-refractivity contribution is 7.18. The minimum absolute atomic E-state index is 0.235. The van der Waals surface area contributed by atoms with Crippen LogP contribution in [0.3, 0.4) is 0 Å². The van der Waals surface area contributed by atoms with Gasteiger partial charge in [0.25, 0.3) is 5.56 Å². The van der Waals surface area contributed by atoms with Gasteiger partial charge in [-0.25, -0.2) is 4.98 Å². The number of hydrogen-bond acceptors (Lipinski definition) is 3. The molecular formula is C19H26N2OS. The van der Waals surface area contributed by atoms with Crippen LogP contribution in [-0.2, 0) is 25.8 Å². The largest absolute Gasteiger partial charge is 0.296 e. The van der Waals surface area contributed by atoms with E-state index in [0.717, 1.165) is 54.7 Å². The molecule has 1 aliphatic heterocycles. The van der Waals surface area contributed by atoms with E-state index >= 15 is 0 Å². The molecule has 0 N–H and O–H groups in total. The van der Waals surface area contributed by atoms with Crippen molar-refractivity contribution in [2.24, 2.45) is 11.3 Å². The van der Waals surface area contributed by atoms with E-state index < -0.39 is 0 Å². The van der Waals surface area contributed by atoms with E-state index in [0.29, 0.717) is 11.3 Å². The first-order chi connectivity index (χ1) is 10.9. The van der Waals surface area contributed by atoms with Crippen molar-refractivity contribution >= 4 is 21.6 Å². The Morgan fingerprint density at radius 3 is 2.78 bits per heavy atom. The lowest BCUT2D eigenvalue weighted by Gasteiger charge is -2.33. The van der Waals surface area contributed by atoms with Crippen LogP contribution in [0.4, 0.5) is 0 Å². The molecule has 3 heterocycles. The molecule has 1 aliphatic carbocycles. The average Bonchev–Trinajstić information content (AvgIpc) is 2.68. The maximum atomic E-state index is 13.1. The van der Waals surface area contributed by atoms with E-state index in [1.54, 1.807) is 11.3 Å². The number of rotatable bonds is 0. The van der Waals surface area contributed by atoms with Gasteiger partial charge in [-0.2, -0.15) is 0 Å². The third-order valence-corrected chi connectivity index (χ3v) is 6.90. The SMILES string of the molecule is CC(C)(C)C1CCc2c(sc3nc4n(c(=O)c23)CCCCC4)C1. The highest BCUT2D eigenvalue weighted by atomic mass is 32.1. The maximum Gasteiger partial charge on any atom is 0.262 e. The molecule has 0 fully saturated rings. The first-order valence-corrected chi connectivity index (χ1v) is 9.81. The molecule has 0 aromatic carbocycles. The predicted molar refractivity (Wildman–Crippen MR) is 96.4 cm³/mol. The zero-order valence-electron chi connectivity index (χ0n) is 14.4. The van der Waals surface area contributed by atoms with Gasteiger partial charge in [-0.15, -0.1) is 11.3 Å². The van der Waals surface area contributed by atoms with Crippen LogP contribution in [0.15, 0.2) is 4.79 Å². The molecule has 0 saturated carbocycles. The quantitative estimate of drug-likeness (QED) is 0.720. The van der Waals surface area contributed by atoms with Crippen LogP contribution < -0.4 is 5.56 Å². The molecule has 0 radical (unpaired) electrons. The summed E-state index contributed by atoms with van der Waals surface area (Å²) in [5, 5.41) is 0.947. The third-order valence-electron chi connectivity index (χ3n) is 5.75. The average molecular weight is 330 g/mol. The van der Waals surface area contributed by atoms with Crippen molar-refractivity contribution in [2.75, 3.05) is 0 Å². The fourth-order valence-electron chi connectivity index (χ4n) is 4.19. The van der Waals surface area contributed by atoms with Crippen molar-refractivity contribution in [2.45, 2.75) is 72.3 Å². The van der Waals surface area contributed by atoms with E-state index in [2.05, 4.69) is 20.8 Å². The molecule has 2 aliphatic rings. The maximum absolute atomic E-state index is 13.1. The Morgan fingerprint density at radius 2 is 2.00 bits per heavy atom. The van der Waals surface area contributed by atoms with Crippen LogP contribution in [0.2, 0.25) is 0 Å². The third kappa shape index (κ3) is 2.55. The minimum atomic E-state index is 0.235. The zero-order valence-corrected chi connectivity index (χ0v) is 15.3. The monoisotopic (exact) mass is 330 g/mol. The van der Waals surface area contributed by atoms with Gasteiger partial charge in [0.2, 0.25) is 0 Å². The van der Waals surface area contributed by atoms with E-state index in [1.807, 2.05) is 4.57 Å². The molecule has 4 rings (SSSR count). The number of fused-ring (bicyclic) bond motifs is 4. The highest BCUT2D eigenvalue weighted by Gasteiger charge is 2.32. The van der Waals surface area contributed by atoms with Crippen molar-refractivity contribution in [3.05, 3.63) is 26.6 Å². The molecule has 23 heavy (non-hydrogen) atoms. The Morgan fingerprint density at radius 1 is 1.17 bits per heavy atom. The van der Waals surface area contributed by atoms with Crippen LogP contribution in [0, 0.1) is 11.3 Å². The summed E-state index contributed by atoms with van der Waals surface area (Å²) in [5.74, 6) is 1.73. The Hall–Kier alpha value is -1.16. The highest BCUT2D eigenvalue weighted by Crippen LogP contribution is 2.42. The molecule has 3 nitrogen and oxygen atoms in total. The summed E-state index contributed by atoms with van der Waals surface area (Å²) in [6, 6.07) is 0. The van der Waals surface area contributed by atoms with Gasteiger partial charge in [0, 0.05) is 17.8 Å². The smallest absolute Gasteiger partial charge is 0.262 e. The molecule has 4 heteroatoms. The lowest BCUT2D eigenvalue weighted by Crippen LogP contribution is -2.27. The first-order valence-electron chi connectivity index (χ1n) is 8.99. The fraction of sp³-hybridized carbons (Fsp3) is 0.684. The molecule has 2 aromatic heterocycles. The van der Waals surface area contributed by atoms with Gasteiger partial charge >= 0.3 is 0 Å². The first kappa shape index (κ1) is 15.4. The second-order valence-corrected chi connectivity index (χ2v) is 9.37. The molecule has 0 saturated heterocycles. The molecular weight excluding hydrogens is 304 g/mol. The Labute approximate surface area is 141 Å². The minimum Gasteiger partial charge on any atom is -0.296 e. The van der Waals surface area contributed by atoms with E-state index in [4.69, 9.17) is 4.98 Å². The van der Waals surface area contributed by atoms with Gasteiger partial charge in [-0.05, 0) is 49.0 Å². The van der Waals surface area contributed by atoms with Crippen molar-refractivity contribution in [1.29, 1.82) is 0 Å². The Kier molecular flexibility index (Phi) is 3.63. The predicted octanol–water partition coefficient (Wildman–Crippen LogP) is 4.34. The standard InChI is InChI=1S/C19H26N2OS/c1-19(2,3)12-8-9-13-14(11-12)23-17-16(13)18(22)21-10-6-4-5-7-15(21)20-17/h12H,4-11H2,1-3H3. The van der Waals surface area contributed by atoms with Crippen LogP contribution in [0.1, 0.15) is 62.7 Å². The van der Waals surface area contributed by atoms with E-state index in [1.165, 1.54) is 23.3 Å². The summed E-state index contributed by atoms with van der Waals surface area (Å²) in [6.07, 6.45) is 7.81. The second kappa shape index (κ2) is 5.44. The van der Waals surface area contributed by atoms with Crippen molar-refractivity contribution < 1.29 is 0 Å². The normalized spacial score (nSPS) is 21.8. The number of hydrogen-bond donors (Lipinski definition) is 0. The Bertz CT molecular complexity index is 809. The van der Waals surface area contributed by atoms with Gasteiger partial charge in [0.1, 0.15) is 10.7 Å². The number of nitrogens with zero attached hydrogens (tertiary/aromatic N) is 2. The second-order valence-electron chi connectivity index (χ2n) is 8.29. The van der Waals surface area contributed by atoms with Crippen molar-refractivity contribution in [3.8, 4) is 0 Å². The molecule has 2 aromatic rings. The van der Waals surface area contributed by atoms with Gasteiger partial charge in [0.15, 0.2) is 0 Å². The lowest BCUT2D eigenvalue weighted by atomic mass is 9.72. The van der Waals surface area contributed by atoms with Gasteiger partial charge in [0.05, 0.1) is 5.39 Å². The molecule has 124 valence electrons. The Balaban J connectivity index is 1.85. The summed E-state index contributed by atoms with van der Waals surface area (Å²) in [5.41, 5.74) is 1.90. The topological polar surface area (TPSA) is 34.9 Å². The number of thiophene rings is 1. The molecule has 0 bridgehead atoms. The fourth-order valence-corrected chi connectivity index (χ4v) is 5.50. The van der Waals surface area contributed by atoms with E-state index in [-0.39, 0.29) is 5.56 Å². The molecule has 1 atom stereocenters. The van der Waals surface area contributed by atoms with Gasteiger partial charge in [-0.3, -0.25) is 9.36 Å². The molecule has 1 unspecified atom stereocenters. The van der Waals surface area contributed by atoms with Crippen LogP contribution in [0.25, 0.3) is 10.2 Å². The van der Waals surface area contributed by atoms with Crippen molar-refractivity contribution in [3.63, 3.8) is 0 Å². The van der Waals surface area contributed by atoms with Crippen molar-refractivity contribution in [1.82, 2.24) is 9.55 Å². The van der Waals surface area contributed by atoms with Crippen LogP contribution >= 0.6 is 11.3 Å². The summed E-state index contributed by atoms with van der Waals surface area (Å²) in [4.78, 5) is 20.4. The molecule has 0 amide bonds. The summed E-state index contributed by atoms with van der Waals surface area (Å²) < 4.78 is 1.97. The summed E-state index contributed by atoms with van der Waals surface area (Å²) in [6.45, 7) is 7.87.